The third-order valence-corrected chi connectivity index (χ3v) is 4.25. The van der Waals surface area contributed by atoms with Crippen LogP contribution in [-0.4, -0.2) is 16.9 Å². The first-order valence-electron chi connectivity index (χ1n) is 7.36. The van der Waals surface area contributed by atoms with Crippen LogP contribution in [0.2, 0.25) is 0 Å². The Hall–Kier alpha value is -2.11. The average Bonchev–Trinajstić information content (AvgIpc) is 2.47. The number of nitrogen functional groups attached to an aromatic ring is 1. The summed E-state index contributed by atoms with van der Waals surface area (Å²) in [6, 6.07) is 4.54. The molecular weight excluding hydrogens is 270 g/mol. The molecular formula is C15H21N3O3. The van der Waals surface area contributed by atoms with Crippen molar-refractivity contribution >= 4 is 17.3 Å². The van der Waals surface area contributed by atoms with Crippen molar-refractivity contribution in [2.45, 2.75) is 45.1 Å². The zero-order valence-corrected chi connectivity index (χ0v) is 12.2. The number of carbonyl (C=O) groups excluding carboxylic acids is 1. The molecule has 21 heavy (non-hydrogen) atoms. The molecule has 1 aromatic rings. The zero-order chi connectivity index (χ0) is 15.4. The first kappa shape index (κ1) is 15.3. The number of carbonyl (C=O) groups is 1. The molecule has 1 aromatic carbocycles. The molecule has 2 rings (SSSR count). The molecule has 0 unspecified atom stereocenters. The zero-order valence-electron chi connectivity index (χ0n) is 12.2. The minimum Gasteiger partial charge on any atom is -0.393 e. The summed E-state index contributed by atoms with van der Waals surface area (Å²) in [6.07, 6.45) is 5.23. The number of para-hydroxylation sites is 1. The Balaban J connectivity index is 2.08. The Morgan fingerprint density at radius 2 is 2.05 bits per heavy atom. The minimum atomic E-state index is -0.599. The van der Waals surface area contributed by atoms with E-state index in [1.807, 2.05) is 0 Å². The van der Waals surface area contributed by atoms with Crippen LogP contribution in [0.5, 0.6) is 0 Å². The third-order valence-electron chi connectivity index (χ3n) is 4.25. The Labute approximate surface area is 123 Å². The molecule has 0 radical (unpaired) electrons. The lowest BCUT2D eigenvalue weighted by Crippen LogP contribution is -2.37. The third kappa shape index (κ3) is 3.51. The van der Waals surface area contributed by atoms with Crippen molar-refractivity contribution < 1.29 is 9.72 Å². The fourth-order valence-electron chi connectivity index (χ4n) is 2.93. The van der Waals surface area contributed by atoms with Crippen molar-refractivity contribution in [3.05, 3.63) is 33.9 Å². The number of benzene rings is 1. The molecule has 0 saturated heterocycles. The number of hydrogen-bond donors (Lipinski definition) is 2. The van der Waals surface area contributed by atoms with Gasteiger partial charge in [-0.25, -0.2) is 0 Å². The molecule has 0 aliphatic heterocycles. The van der Waals surface area contributed by atoms with Crippen molar-refractivity contribution in [3.8, 4) is 0 Å². The summed E-state index contributed by atoms with van der Waals surface area (Å²) in [7, 11) is 0. The maximum Gasteiger partial charge on any atom is 0.304 e. The monoisotopic (exact) mass is 291 g/mol. The highest BCUT2D eigenvalue weighted by molar-refractivity contribution is 6.00. The van der Waals surface area contributed by atoms with Crippen LogP contribution in [0.15, 0.2) is 18.2 Å². The van der Waals surface area contributed by atoms with E-state index in [-0.39, 0.29) is 23.0 Å². The number of rotatable bonds is 4. The van der Waals surface area contributed by atoms with Crippen LogP contribution in [0, 0.1) is 16.0 Å². The van der Waals surface area contributed by atoms with E-state index in [0.717, 1.165) is 31.6 Å². The van der Waals surface area contributed by atoms with Crippen molar-refractivity contribution in [2.75, 3.05) is 5.73 Å². The number of nitrogens with two attached hydrogens (primary N) is 1. The lowest BCUT2D eigenvalue weighted by molar-refractivity contribution is -0.384. The van der Waals surface area contributed by atoms with E-state index in [4.69, 9.17) is 5.73 Å². The van der Waals surface area contributed by atoms with Gasteiger partial charge in [0.2, 0.25) is 0 Å². The molecule has 0 spiro atoms. The van der Waals surface area contributed by atoms with Gasteiger partial charge in [0.15, 0.2) is 0 Å². The van der Waals surface area contributed by atoms with Crippen LogP contribution in [0.3, 0.4) is 0 Å². The number of anilines is 1. The maximum atomic E-state index is 12.3. The fourth-order valence-corrected chi connectivity index (χ4v) is 2.93. The van der Waals surface area contributed by atoms with Crippen LogP contribution in [-0.2, 0) is 0 Å². The van der Waals surface area contributed by atoms with Crippen molar-refractivity contribution in [1.82, 2.24) is 5.32 Å². The predicted octanol–water partition coefficient (Wildman–Crippen LogP) is 2.88. The van der Waals surface area contributed by atoms with Crippen molar-refractivity contribution in [1.29, 1.82) is 0 Å². The molecule has 114 valence electrons. The van der Waals surface area contributed by atoms with Crippen LogP contribution in [0.25, 0.3) is 0 Å². The van der Waals surface area contributed by atoms with Gasteiger partial charge in [0.25, 0.3) is 5.91 Å². The Kier molecular flexibility index (Phi) is 4.77. The molecule has 0 atom stereocenters. The first-order valence-corrected chi connectivity index (χ1v) is 7.36. The van der Waals surface area contributed by atoms with E-state index in [1.54, 1.807) is 6.07 Å². The summed E-state index contributed by atoms with van der Waals surface area (Å²) in [6.45, 7) is 2.18. The molecule has 1 fully saturated rings. The van der Waals surface area contributed by atoms with Gasteiger partial charge in [-0.3, -0.25) is 14.9 Å². The van der Waals surface area contributed by atoms with Gasteiger partial charge in [-0.2, -0.15) is 0 Å². The van der Waals surface area contributed by atoms with Gasteiger partial charge >= 0.3 is 5.69 Å². The van der Waals surface area contributed by atoms with E-state index in [9.17, 15) is 14.9 Å². The summed E-state index contributed by atoms with van der Waals surface area (Å²) >= 11 is 0. The molecule has 0 aromatic heterocycles. The molecule has 1 amide bonds. The topological polar surface area (TPSA) is 98.3 Å². The average molecular weight is 291 g/mol. The summed E-state index contributed by atoms with van der Waals surface area (Å²) in [4.78, 5) is 22.7. The second-order valence-electron chi connectivity index (χ2n) is 5.60. The van der Waals surface area contributed by atoms with Crippen LogP contribution >= 0.6 is 0 Å². The lowest BCUT2D eigenvalue weighted by atomic mass is 9.84. The van der Waals surface area contributed by atoms with Gasteiger partial charge in [-0.05, 0) is 43.7 Å². The number of hydrogen-bond acceptors (Lipinski definition) is 4. The van der Waals surface area contributed by atoms with E-state index in [2.05, 4.69) is 12.2 Å². The summed E-state index contributed by atoms with van der Waals surface area (Å²) < 4.78 is 0. The lowest BCUT2D eigenvalue weighted by Gasteiger charge is -2.28. The second-order valence-corrected chi connectivity index (χ2v) is 5.60. The SMILES string of the molecule is CCC1CCC(NC(=O)c2cccc(N)c2[N+](=O)[O-])CC1. The molecule has 0 heterocycles. The van der Waals surface area contributed by atoms with Crippen molar-refractivity contribution in [3.63, 3.8) is 0 Å². The van der Waals surface area contributed by atoms with Gasteiger partial charge in [0, 0.05) is 6.04 Å². The van der Waals surface area contributed by atoms with Crippen LogP contribution < -0.4 is 11.1 Å². The number of nitro groups is 1. The van der Waals surface area contributed by atoms with E-state index >= 15 is 0 Å². The van der Waals surface area contributed by atoms with Gasteiger partial charge < -0.3 is 11.1 Å². The van der Waals surface area contributed by atoms with Gasteiger partial charge in [0.05, 0.1) is 4.92 Å². The smallest absolute Gasteiger partial charge is 0.304 e. The highest BCUT2D eigenvalue weighted by Crippen LogP contribution is 2.28. The maximum absolute atomic E-state index is 12.3. The Bertz CT molecular complexity index is 537. The molecule has 1 saturated carbocycles. The summed E-state index contributed by atoms with van der Waals surface area (Å²) in [5.74, 6) is 0.328. The fraction of sp³-hybridized carbons (Fsp3) is 0.533. The van der Waals surface area contributed by atoms with Gasteiger partial charge in [0.1, 0.15) is 11.3 Å². The summed E-state index contributed by atoms with van der Waals surface area (Å²) in [5, 5.41) is 14.0. The molecule has 6 nitrogen and oxygen atoms in total. The van der Waals surface area contributed by atoms with E-state index in [0.29, 0.717) is 0 Å². The van der Waals surface area contributed by atoms with Gasteiger partial charge in [-0.15, -0.1) is 0 Å². The number of nitro benzene ring substituents is 1. The molecule has 3 N–H and O–H groups in total. The largest absolute Gasteiger partial charge is 0.393 e. The van der Waals surface area contributed by atoms with Crippen LogP contribution in [0.4, 0.5) is 11.4 Å². The Morgan fingerprint density at radius 1 is 1.38 bits per heavy atom. The molecule has 1 aliphatic rings. The van der Waals surface area contributed by atoms with E-state index in [1.165, 1.54) is 18.6 Å². The number of nitrogens with one attached hydrogen (secondary N) is 1. The molecule has 6 heteroatoms. The number of nitrogens with zero attached hydrogens (tertiary/aromatic N) is 1. The predicted molar refractivity (Wildman–Crippen MR) is 81.0 cm³/mol. The standard InChI is InChI=1S/C15H21N3O3/c1-2-10-6-8-11(9-7-10)17-15(19)12-4-3-5-13(16)14(12)18(20)21/h3-5,10-11H,2,6-9,16H2,1H3,(H,17,19). The minimum absolute atomic E-state index is 0.0161. The highest BCUT2D eigenvalue weighted by Gasteiger charge is 2.26. The first-order chi connectivity index (χ1) is 10.0. The van der Waals surface area contributed by atoms with Crippen LogP contribution in [0.1, 0.15) is 49.4 Å². The summed E-state index contributed by atoms with van der Waals surface area (Å²) in [5.41, 5.74) is 5.36. The quantitative estimate of drug-likeness (QED) is 0.506. The van der Waals surface area contributed by atoms with Gasteiger partial charge in [-0.1, -0.05) is 19.4 Å². The Morgan fingerprint density at radius 3 is 2.62 bits per heavy atom. The highest BCUT2D eigenvalue weighted by atomic mass is 16.6. The molecule has 0 bridgehead atoms. The van der Waals surface area contributed by atoms with Crippen molar-refractivity contribution in [2.24, 2.45) is 5.92 Å². The number of amides is 1. The normalized spacial score (nSPS) is 21.8. The molecule has 1 aliphatic carbocycles. The van der Waals surface area contributed by atoms with E-state index < -0.39 is 10.8 Å². The second kappa shape index (κ2) is 6.56.